The molecule has 1 nitrogen and oxygen atoms in total. The third kappa shape index (κ3) is 5.33. The largest absolute Gasteiger partial charge is 0.573 e. The number of ether oxygens (including phenoxy) is 1. The van der Waals surface area contributed by atoms with Gasteiger partial charge in [-0.15, -0.1) is 13.2 Å². The maximum Gasteiger partial charge on any atom is 0.573 e. The van der Waals surface area contributed by atoms with Gasteiger partial charge in [0.2, 0.25) is 0 Å². The summed E-state index contributed by atoms with van der Waals surface area (Å²) in [6.07, 6.45) is -3.39. The standard InChI is InChI=1S/C3H2F3O/c1-2-7-3(4,5)6/h1H2. The van der Waals surface area contributed by atoms with Crippen molar-refractivity contribution in [3.8, 4) is 0 Å². The monoisotopic (exact) mass is 111 g/mol. The van der Waals surface area contributed by atoms with Gasteiger partial charge in [0.05, 0.1) is 0 Å². The predicted octanol–water partition coefficient (Wildman–Crippen LogP) is 1.47. The van der Waals surface area contributed by atoms with Gasteiger partial charge in [0.25, 0.3) is 0 Å². The van der Waals surface area contributed by atoms with Crippen LogP contribution in [0.1, 0.15) is 0 Å². The quantitative estimate of drug-likeness (QED) is 0.465. The van der Waals surface area contributed by atoms with Crippen molar-refractivity contribution >= 4 is 0 Å². The zero-order chi connectivity index (χ0) is 5.91. The second-order valence-electron chi connectivity index (χ2n) is 0.692. The Balaban J connectivity index is 3.34. The maximum atomic E-state index is 10.7. The normalized spacial score (nSPS) is 10.7. The van der Waals surface area contributed by atoms with Crippen LogP contribution >= 0.6 is 0 Å². The van der Waals surface area contributed by atoms with Crippen LogP contribution in [0.3, 0.4) is 0 Å². The Morgan fingerprint density at radius 1 is 1.43 bits per heavy atom. The molecule has 0 aliphatic heterocycles. The Kier molecular flexibility index (Phi) is 1.68. The van der Waals surface area contributed by atoms with Gasteiger partial charge in [-0.2, -0.15) is 0 Å². The molecular formula is C3H2F3O. The van der Waals surface area contributed by atoms with E-state index in [0.717, 1.165) is 0 Å². The Morgan fingerprint density at radius 2 is 1.86 bits per heavy atom. The van der Waals surface area contributed by atoms with Gasteiger partial charge in [0.15, 0.2) is 6.26 Å². The van der Waals surface area contributed by atoms with Gasteiger partial charge in [-0.3, -0.25) is 0 Å². The second-order valence-corrected chi connectivity index (χ2v) is 0.692. The molecule has 0 saturated carbocycles. The third-order valence-corrected chi connectivity index (χ3v) is 0.188. The van der Waals surface area contributed by atoms with E-state index in [1.807, 2.05) is 0 Å². The van der Waals surface area contributed by atoms with E-state index in [2.05, 4.69) is 11.3 Å². The third-order valence-electron chi connectivity index (χ3n) is 0.188. The molecule has 0 saturated heterocycles. The van der Waals surface area contributed by atoms with Crippen molar-refractivity contribution in [1.29, 1.82) is 0 Å². The van der Waals surface area contributed by atoms with Crippen LogP contribution in [-0.2, 0) is 4.74 Å². The van der Waals surface area contributed by atoms with Crippen molar-refractivity contribution in [2.75, 3.05) is 0 Å². The Morgan fingerprint density at radius 3 is 1.86 bits per heavy atom. The molecule has 0 aliphatic carbocycles. The summed E-state index contributed by atoms with van der Waals surface area (Å²) in [5.74, 6) is 0. The fourth-order valence-electron chi connectivity index (χ4n) is 0.0818. The molecule has 0 bridgehead atoms. The van der Waals surface area contributed by atoms with Crippen molar-refractivity contribution in [2.24, 2.45) is 0 Å². The van der Waals surface area contributed by atoms with Gasteiger partial charge in [-0.25, -0.2) is 0 Å². The Bertz CT molecular complexity index is 65.1. The number of hydrogen-bond acceptors (Lipinski definition) is 1. The van der Waals surface area contributed by atoms with Gasteiger partial charge in [0, 0.05) is 0 Å². The first-order valence-corrected chi connectivity index (χ1v) is 1.33. The predicted molar refractivity (Wildman–Crippen MR) is 16.0 cm³/mol. The molecule has 41 valence electrons. The second kappa shape index (κ2) is 1.86. The average molecular weight is 111 g/mol. The molecule has 0 aromatic carbocycles. The molecule has 0 amide bonds. The highest BCUT2D eigenvalue weighted by atomic mass is 19.4. The Hall–Kier alpha value is -0.670. The summed E-state index contributed by atoms with van der Waals surface area (Å²) in [7, 11) is 0. The fourth-order valence-corrected chi connectivity index (χ4v) is 0.0818. The summed E-state index contributed by atoms with van der Waals surface area (Å²) in [6.45, 7) is 2.58. The fraction of sp³-hybridized carbons (Fsp3) is 0.333. The van der Waals surface area contributed by atoms with Gasteiger partial charge >= 0.3 is 6.36 Å². The van der Waals surface area contributed by atoms with Crippen LogP contribution in [0, 0.1) is 6.26 Å². The van der Waals surface area contributed by atoms with E-state index >= 15 is 0 Å². The molecule has 0 unspecified atom stereocenters. The summed E-state index contributed by atoms with van der Waals surface area (Å²) < 4.78 is 35.1. The van der Waals surface area contributed by atoms with Gasteiger partial charge < -0.3 is 4.74 Å². The topological polar surface area (TPSA) is 9.23 Å². The van der Waals surface area contributed by atoms with E-state index in [0.29, 0.717) is 0 Å². The van der Waals surface area contributed by atoms with Gasteiger partial charge in [-0.05, 0) is 0 Å². The van der Waals surface area contributed by atoms with Crippen LogP contribution in [0.5, 0.6) is 0 Å². The minimum absolute atomic E-state index is 1.23. The number of rotatable bonds is 1. The minimum Gasteiger partial charge on any atom is -0.402 e. The number of hydrogen-bond donors (Lipinski definition) is 0. The zero-order valence-corrected chi connectivity index (χ0v) is 3.25. The molecule has 0 spiro atoms. The van der Waals surface area contributed by atoms with Crippen LogP contribution in [-0.4, -0.2) is 6.36 Å². The molecule has 0 atom stereocenters. The first-order chi connectivity index (χ1) is 3.06. The summed E-state index contributed by atoms with van der Waals surface area (Å²) in [5.41, 5.74) is 0. The average Bonchev–Trinajstić information content (AvgIpc) is 1.30. The highest BCUT2D eigenvalue weighted by Gasteiger charge is 2.28. The molecule has 0 aromatic heterocycles. The lowest BCUT2D eigenvalue weighted by Gasteiger charge is -1.99. The number of alkyl halides is 3. The molecule has 1 radical (unpaired) electrons. The lowest BCUT2D eigenvalue weighted by atomic mass is 11.1. The molecule has 4 heteroatoms. The highest BCUT2D eigenvalue weighted by Crippen LogP contribution is 2.14. The highest BCUT2D eigenvalue weighted by molar-refractivity contribution is 4.37. The van der Waals surface area contributed by atoms with Crippen molar-refractivity contribution in [2.45, 2.75) is 6.36 Å². The zero-order valence-electron chi connectivity index (χ0n) is 3.25. The first kappa shape index (κ1) is 6.33. The van der Waals surface area contributed by atoms with Crippen LogP contribution < -0.4 is 0 Å². The molecule has 0 fully saturated rings. The van der Waals surface area contributed by atoms with E-state index in [9.17, 15) is 13.2 Å². The molecule has 0 rings (SSSR count). The minimum atomic E-state index is -4.62. The molecular weight excluding hydrogens is 109 g/mol. The molecule has 7 heavy (non-hydrogen) atoms. The first-order valence-electron chi connectivity index (χ1n) is 1.33. The van der Waals surface area contributed by atoms with Crippen LogP contribution in [0.15, 0.2) is 6.58 Å². The van der Waals surface area contributed by atoms with Gasteiger partial charge in [0.1, 0.15) is 0 Å². The van der Waals surface area contributed by atoms with E-state index in [1.54, 1.807) is 0 Å². The SMILES string of the molecule is C=[C]OC(F)(F)F. The van der Waals surface area contributed by atoms with Crippen molar-refractivity contribution in [3.63, 3.8) is 0 Å². The smallest absolute Gasteiger partial charge is 0.402 e. The maximum absolute atomic E-state index is 10.7. The summed E-state index contributed by atoms with van der Waals surface area (Å²) >= 11 is 0. The van der Waals surface area contributed by atoms with Crippen molar-refractivity contribution in [3.05, 3.63) is 12.8 Å². The molecule has 0 heterocycles. The summed E-state index contributed by atoms with van der Waals surface area (Å²) in [6, 6.07) is 0. The van der Waals surface area contributed by atoms with E-state index < -0.39 is 6.36 Å². The molecule has 0 aromatic rings. The van der Waals surface area contributed by atoms with E-state index in [-0.39, 0.29) is 0 Å². The summed E-state index contributed by atoms with van der Waals surface area (Å²) in [4.78, 5) is 0. The lowest BCUT2D eigenvalue weighted by molar-refractivity contribution is -0.303. The van der Waals surface area contributed by atoms with Crippen LogP contribution in [0.2, 0.25) is 0 Å². The summed E-state index contributed by atoms with van der Waals surface area (Å²) in [5, 5.41) is 0. The van der Waals surface area contributed by atoms with Crippen molar-refractivity contribution < 1.29 is 17.9 Å². The van der Waals surface area contributed by atoms with Crippen LogP contribution in [0.25, 0.3) is 0 Å². The van der Waals surface area contributed by atoms with E-state index in [4.69, 9.17) is 0 Å². The van der Waals surface area contributed by atoms with Gasteiger partial charge in [-0.1, -0.05) is 6.58 Å². The van der Waals surface area contributed by atoms with E-state index in [1.165, 1.54) is 6.26 Å². The molecule has 0 N–H and O–H groups in total. The van der Waals surface area contributed by atoms with Crippen molar-refractivity contribution in [1.82, 2.24) is 0 Å². The number of halogens is 3. The lowest BCUT2D eigenvalue weighted by Crippen LogP contribution is -2.08. The molecule has 0 aliphatic rings. The Labute approximate surface area is 38.4 Å². The van der Waals surface area contributed by atoms with Crippen LogP contribution in [0.4, 0.5) is 13.2 Å².